The fourth-order valence-electron chi connectivity index (χ4n) is 4.71. The van der Waals surface area contributed by atoms with Crippen LogP contribution in [0.2, 0.25) is 0 Å². The van der Waals surface area contributed by atoms with Crippen LogP contribution >= 0.6 is 0 Å². The van der Waals surface area contributed by atoms with Crippen LogP contribution in [-0.4, -0.2) is 25.2 Å². The maximum absolute atomic E-state index is 11.8. The van der Waals surface area contributed by atoms with Gasteiger partial charge in [-0.2, -0.15) is 0 Å². The Labute approximate surface area is 239 Å². The van der Waals surface area contributed by atoms with Gasteiger partial charge in [0.1, 0.15) is 0 Å². The molecule has 0 spiro atoms. The number of carbonyl (C=O) groups is 2. The minimum absolute atomic E-state index is 0.350. The monoisotopic (exact) mass is 538 g/mol. The first kappa shape index (κ1) is 30.6. The van der Waals surface area contributed by atoms with E-state index in [2.05, 4.69) is 88.5 Å². The number of benzene rings is 3. The van der Waals surface area contributed by atoms with Crippen LogP contribution in [0.25, 0.3) is 22.3 Å². The standard InChI is InChI=1S/C36H42O4/c1-8-28-21-32(29-15-13-26(6)14-16-29)17-18-34(28)33-22-30(11-9-19-39-35(37)24(2)3)27(7)31(23-33)12-10-20-40-36(38)25(4)5/h13-18,21-23H,2,4,8-12,19-20H2,1,3,5-7H3. The second kappa shape index (κ2) is 14.5. The minimum atomic E-state index is -0.350. The smallest absolute Gasteiger partial charge is 0.333 e. The molecular weight excluding hydrogens is 496 g/mol. The van der Waals surface area contributed by atoms with Crippen LogP contribution in [0.5, 0.6) is 0 Å². The molecule has 0 unspecified atom stereocenters. The molecule has 0 aliphatic carbocycles. The zero-order valence-electron chi connectivity index (χ0n) is 24.7. The van der Waals surface area contributed by atoms with Crippen molar-refractivity contribution in [3.63, 3.8) is 0 Å². The summed E-state index contributed by atoms with van der Waals surface area (Å²) in [6.45, 7) is 17.8. The normalized spacial score (nSPS) is 10.7. The summed E-state index contributed by atoms with van der Waals surface area (Å²) in [5, 5.41) is 0. The molecule has 40 heavy (non-hydrogen) atoms. The quantitative estimate of drug-likeness (QED) is 0.125. The van der Waals surface area contributed by atoms with Crippen molar-refractivity contribution in [3.8, 4) is 22.3 Å². The van der Waals surface area contributed by atoms with E-state index in [4.69, 9.17) is 9.47 Å². The summed E-state index contributed by atoms with van der Waals surface area (Å²) in [7, 11) is 0. The second-order valence-corrected chi connectivity index (χ2v) is 10.6. The van der Waals surface area contributed by atoms with Gasteiger partial charge in [0.2, 0.25) is 0 Å². The number of hydrogen-bond donors (Lipinski definition) is 0. The van der Waals surface area contributed by atoms with Gasteiger partial charge in [-0.05, 0) is 104 Å². The van der Waals surface area contributed by atoms with E-state index in [0.717, 1.165) is 32.1 Å². The summed E-state index contributed by atoms with van der Waals surface area (Å²) >= 11 is 0. The first-order valence-corrected chi connectivity index (χ1v) is 14.1. The number of aryl methyl sites for hydroxylation is 4. The van der Waals surface area contributed by atoms with Gasteiger partial charge in [-0.15, -0.1) is 0 Å². The zero-order valence-corrected chi connectivity index (χ0v) is 24.7. The van der Waals surface area contributed by atoms with E-state index in [-0.39, 0.29) is 11.9 Å². The van der Waals surface area contributed by atoms with Crippen LogP contribution in [0.4, 0.5) is 0 Å². The third-order valence-electron chi connectivity index (χ3n) is 7.15. The molecule has 3 aromatic carbocycles. The molecule has 0 bridgehead atoms. The van der Waals surface area contributed by atoms with Crippen LogP contribution < -0.4 is 0 Å². The third-order valence-corrected chi connectivity index (χ3v) is 7.15. The molecule has 0 N–H and O–H groups in total. The van der Waals surface area contributed by atoms with E-state index < -0.39 is 0 Å². The van der Waals surface area contributed by atoms with Gasteiger partial charge in [-0.1, -0.05) is 80.2 Å². The predicted octanol–water partition coefficient (Wildman–Crippen LogP) is 8.30. The maximum Gasteiger partial charge on any atom is 0.333 e. The Morgan fingerprint density at radius 1 is 0.675 bits per heavy atom. The zero-order chi connectivity index (χ0) is 29.2. The molecule has 4 nitrogen and oxygen atoms in total. The number of ether oxygens (including phenoxy) is 2. The summed E-state index contributed by atoms with van der Waals surface area (Å²) in [5.74, 6) is -0.701. The van der Waals surface area contributed by atoms with Gasteiger partial charge in [0.05, 0.1) is 13.2 Å². The van der Waals surface area contributed by atoms with Gasteiger partial charge < -0.3 is 9.47 Å². The van der Waals surface area contributed by atoms with E-state index in [9.17, 15) is 9.59 Å². The van der Waals surface area contributed by atoms with Gasteiger partial charge in [-0.3, -0.25) is 0 Å². The molecule has 0 aliphatic heterocycles. The van der Waals surface area contributed by atoms with Crippen molar-refractivity contribution in [2.45, 2.75) is 66.7 Å². The van der Waals surface area contributed by atoms with Crippen molar-refractivity contribution in [1.29, 1.82) is 0 Å². The molecule has 210 valence electrons. The van der Waals surface area contributed by atoms with E-state index in [1.165, 1.54) is 50.1 Å². The van der Waals surface area contributed by atoms with Crippen LogP contribution in [0.1, 0.15) is 61.4 Å². The van der Waals surface area contributed by atoms with Gasteiger partial charge in [0.25, 0.3) is 0 Å². The van der Waals surface area contributed by atoms with Gasteiger partial charge in [0.15, 0.2) is 0 Å². The Morgan fingerprint density at radius 2 is 1.15 bits per heavy atom. The molecule has 0 saturated carbocycles. The Kier molecular flexibility index (Phi) is 11.1. The molecule has 0 aromatic heterocycles. The fraction of sp³-hybridized carbons (Fsp3) is 0.333. The topological polar surface area (TPSA) is 52.6 Å². The predicted molar refractivity (Wildman–Crippen MR) is 164 cm³/mol. The van der Waals surface area contributed by atoms with Crippen LogP contribution in [0.15, 0.2) is 78.9 Å². The van der Waals surface area contributed by atoms with E-state index in [0.29, 0.717) is 24.4 Å². The molecule has 3 rings (SSSR count). The van der Waals surface area contributed by atoms with Gasteiger partial charge in [0, 0.05) is 11.1 Å². The summed E-state index contributed by atoms with van der Waals surface area (Å²) < 4.78 is 10.7. The van der Waals surface area contributed by atoms with Gasteiger partial charge in [-0.25, -0.2) is 9.59 Å². The Balaban J connectivity index is 1.90. The summed E-state index contributed by atoms with van der Waals surface area (Å²) in [6.07, 6.45) is 3.96. The summed E-state index contributed by atoms with van der Waals surface area (Å²) in [5.41, 5.74) is 11.9. The van der Waals surface area contributed by atoms with Crippen molar-refractivity contribution in [3.05, 3.63) is 107 Å². The highest BCUT2D eigenvalue weighted by molar-refractivity contribution is 5.87. The number of hydrogen-bond acceptors (Lipinski definition) is 4. The molecule has 0 radical (unpaired) electrons. The highest BCUT2D eigenvalue weighted by Gasteiger charge is 2.13. The summed E-state index contributed by atoms with van der Waals surface area (Å²) in [4.78, 5) is 23.6. The third kappa shape index (κ3) is 8.29. The van der Waals surface area contributed by atoms with Crippen LogP contribution in [0, 0.1) is 13.8 Å². The molecule has 0 atom stereocenters. The molecule has 3 aromatic rings. The van der Waals surface area contributed by atoms with Crippen molar-refractivity contribution < 1.29 is 19.1 Å². The van der Waals surface area contributed by atoms with Crippen LogP contribution in [-0.2, 0) is 38.3 Å². The molecule has 0 aliphatic rings. The fourth-order valence-corrected chi connectivity index (χ4v) is 4.71. The maximum atomic E-state index is 11.8. The van der Waals surface area contributed by atoms with E-state index in [1.807, 2.05) is 0 Å². The first-order chi connectivity index (χ1) is 19.1. The van der Waals surface area contributed by atoms with E-state index in [1.54, 1.807) is 13.8 Å². The first-order valence-electron chi connectivity index (χ1n) is 14.1. The van der Waals surface area contributed by atoms with Gasteiger partial charge >= 0.3 is 11.9 Å². The van der Waals surface area contributed by atoms with Crippen molar-refractivity contribution in [2.75, 3.05) is 13.2 Å². The van der Waals surface area contributed by atoms with Crippen molar-refractivity contribution in [1.82, 2.24) is 0 Å². The second-order valence-electron chi connectivity index (χ2n) is 10.6. The Morgan fingerprint density at radius 3 is 1.62 bits per heavy atom. The highest BCUT2D eigenvalue weighted by atomic mass is 16.5. The molecule has 4 heteroatoms. The lowest BCUT2D eigenvalue weighted by Gasteiger charge is -2.18. The Bertz CT molecular complexity index is 1320. The lowest BCUT2D eigenvalue weighted by Crippen LogP contribution is -2.08. The van der Waals surface area contributed by atoms with Crippen LogP contribution in [0.3, 0.4) is 0 Å². The highest BCUT2D eigenvalue weighted by Crippen LogP contribution is 2.33. The molecule has 0 saturated heterocycles. The molecule has 0 amide bonds. The number of esters is 2. The van der Waals surface area contributed by atoms with Crippen molar-refractivity contribution >= 4 is 11.9 Å². The molecular formula is C36H42O4. The lowest BCUT2D eigenvalue weighted by atomic mass is 9.88. The average Bonchev–Trinajstić information content (AvgIpc) is 2.94. The number of rotatable bonds is 13. The van der Waals surface area contributed by atoms with Crippen molar-refractivity contribution in [2.24, 2.45) is 0 Å². The largest absolute Gasteiger partial charge is 0.462 e. The number of carbonyl (C=O) groups excluding carboxylic acids is 2. The lowest BCUT2D eigenvalue weighted by molar-refractivity contribution is -0.139. The average molecular weight is 539 g/mol. The molecule has 0 heterocycles. The minimum Gasteiger partial charge on any atom is -0.462 e. The summed E-state index contributed by atoms with van der Waals surface area (Å²) in [6, 6.07) is 19.9. The molecule has 0 fully saturated rings. The SMILES string of the molecule is C=C(C)C(=O)OCCCc1cc(-c2ccc(-c3ccc(C)cc3)cc2CC)cc(CCCOC(=O)C(=C)C)c1C. The Hall–Kier alpha value is -3.92. The van der Waals surface area contributed by atoms with E-state index >= 15 is 0 Å².